The molecule has 1 aliphatic heterocycles. The maximum atomic E-state index is 6.23. The minimum atomic E-state index is 0.286. The summed E-state index contributed by atoms with van der Waals surface area (Å²) in [7, 11) is 0. The van der Waals surface area contributed by atoms with Gasteiger partial charge in [-0.1, -0.05) is 29.6 Å². The Morgan fingerprint density at radius 3 is 2.43 bits per heavy atom. The van der Waals surface area contributed by atoms with Crippen LogP contribution >= 0.6 is 23.2 Å². The highest BCUT2D eigenvalue weighted by atomic mass is 35.5. The van der Waals surface area contributed by atoms with Gasteiger partial charge in [-0.25, -0.2) is 0 Å². The third-order valence-corrected chi connectivity index (χ3v) is 5.60. The largest absolute Gasteiger partial charge is 0.454 e. The van der Waals surface area contributed by atoms with E-state index in [-0.39, 0.29) is 5.41 Å². The van der Waals surface area contributed by atoms with Crippen molar-refractivity contribution in [2.75, 3.05) is 17.6 Å². The SMILES string of the molecule is Cc1cc(Oc2c(Cl)cc(N)cc2Cl)cc2c1NCC21CCC1. The summed E-state index contributed by atoms with van der Waals surface area (Å²) in [4.78, 5) is 0. The lowest BCUT2D eigenvalue weighted by Crippen LogP contribution is -2.35. The Hall–Kier alpha value is -1.58. The van der Waals surface area contributed by atoms with Crippen LogP contribution in [0.3, 0.4) is 0 Å². The Morgan fingerprint density at radius 1 is 1.13 bits per heavy atom. The van der Waals surface area contributed by atoms with Crippen LogP contribution in [-0.4, -0.2) is 6.54 Å². The topological polar surface area (TPSA) is 47.3 Å². The van der Waals surface area contributed by atoms with E-state index in [1.54, 1.807) is 12.1 Å². The standard InChI is InChI=1S/C18H18Cl2N2O/c1-10-5-12(23-17-14(19)6-11(21)7-15(17)20)8-13-16(10)22-9-18(13)3-2-4-18/h5-8,22H,2-4,9,21H2,1H3. The first-order chi connectivity index (χ1) is 11.0. The van der Waals surface area contributed by atoms with Gasteiger partial charge in [0.1, 0.15) is 5.75 Å². The van der Waals surface area contributed by atoms with Gasteiger partial charge < -0.3 is 15.8 Å². The average Bonchev–Trinajstić information content (AvgIpc) is 2.83. The van der Waals surface area contributed by atoms with E-state index in [9.17, 15) is 0 Å². The second kappa shape index (κ2) is 5.22. The van der Waals surface area contributed by atoms with Crippen LogP contribution in [0.25, 0.3) is 0 Å². The molecule has 1 heterocycles. The molecule has 1 spiro atoms. The van der Waals surface area contributed by atoms with E-state index in [4.69, 9.17) is 33.7 Å². The molecule has 1 aliphatic carbocycles. The van der Waals surface area contributed by atoms with Gasteiger partial charge in [-0.05, 0) is 55.2 Å². The van der Waals surface area contributed by atoms with Crippen LogP contribution in [0.2, 0.25) is 10.0 Å². The molecule has 2 aromatic carbocycles. The second-order valence-corrected chi connectivity index (χ2v) is 7.38. The van der Waals surface area contributed by atoms with Gasteiger partial charge in [-0.3, -0.25) is 0 Å². The predicted molar refractivity (Wildman–Crippen MR) is 96.1 cm³/mol. The molecule has 3 nitrogen and oxygen atoms in total. The molecule has 120 valence electrons. The molecule has 0 unspecified atom stereocenters. The molecule has 0 atom stereocenters. The highest BCUT2D eigenvalue weighted by Gasteiger charge is 2.44. The molecular weight excluding hydrogens is 331 g/mol. The molecule has 4 rings (SSSR count). The molecule has 0 bridgehead atoms. The van der Waals surface area contributed by atoms with Gasteiger partial charge in [0.05, 0.1) is 10.0 Å². The maximum absolute atomic E-state index is 6.23. The van der Waals surface area contributed by atoms with E-state index in [1.807, 2.05) is 6.07 Å². The Balaban J connectivity index is 1.74. The first kappa shape index (κ1) is 15.0. The van der Waals surface area contributed by atoms with Gasteiger partial charge in [0.2, 0.25) is 0 Å². The number of nitrogens with one attached hydrogen (secondary N) is 1. The lowest BCUT2D eigenvalue weighted by Gasteiger charge is -2.38. The molecule has 2 aromatic rings. The molecular formula is C18H18Cl2N2O. The number of halogens is 2. The minimum Gasteiger partial charge on any atom is -0.454 e. The van der Waals surface area contributed by atoms with Crippen molar-refractivity contribution in [3.05, 3.63) is 45.4 Å². The van der Waals surface area contributed by atoms with Gasteiger partial charge in [0.25, 0.3) is 0 Å². The fraction of sp³-hybridized carbons (Fsp3) is 0.333. The highest BCUT2D eigenvalue weighted by molar-refractivity contribution is 6.37. The summed E-state index contributed by atoms with van der Waals surface area (Å²) in [6, 6.07) is 7.45. The summed E-state index contributed by atoms with van der Waals surface area (Å²) in [5.74, 6) is 1.22. The van der Waals surface area contributed by atoms with E-state index in [0.717, 1.165) is 12.3 Å². The van der Waals surface area contributed by atoms with Crippen molar-refractivity contribution in [2.45, 2.75) is 31.6 Å². The van der Waals surface area contributed by atoms with E-state index in [1.165, 1.54) is 36.1 Å². The summed E-state index contributed by atoms with van der Waals surface area (Å²) in [5.41, 5.74) is 10.4. The summed E-state index contributed by atoms with van der Waals surface area (Å²) in [6.07, 6.45) is 3.76. The number of aryl methyl sites for hydroxylation is 1. The minimum absolute atomic E-state index is 0.286. The van der Waals surface area contributed by atoms with Crippen molar-refractivity contribution >= 4 is 34.6 Å². The lowest BCUT2D eigenvalue weighted by molar-refractivity contribution is 0.271. The molecule has 1 saturated carbocycles. The molecule has 0 aromatic heterocycles. The summed E-state index contributed by atoms with van der Waals surface area (Å²) >= 11 is 12.5. The lowest BCUT2D eigenvalue weighted by atomic mass is 9.65. The predicted octanol–water partition coefficient (Wildman–Crippen LogP) is 5.52. The van der Waals surface area contributed by atoms with Gasteiger partial charge >= 0.3 is 0 Å². The Kier molecular flexibility index (Phi) is 3.40. The first-order valence-electron chi connectivity index (χ1n) is 7.80. The van der Waals surface area contributed by atoms with E-state index >= 15 is 0 Å². The quantitative estimate of drug-likeness (QED) is 0.702. The van der Waals surface area contributed by atoms with E-state index in [2.05, 4.69) is 18.3 Å². The third kappa shape index (κ3) is 2.34. The third-order valence-electron chi connectivity index (χ3n) is 5.04. The van der Waals surface area contributed by atoms with Crippen molar-refractivity contribution in [3.63, 3.8) is 0 Å². The van der Waals surface area contributed by atoms with Crippen LogP contribution in [0.1, 0.15) is 30.4 Å². The first-order valence-corrected chi connectivity index (χ1v) is 8.55. The molecule has 0 radical (unpaired) electrons. The van der Waals surface area contributed by atoms with Gasteiger partial charge in [0.15, 0.2) is 5.75 Å². The summed E-state index contributed by atoms with van der Waals surface area (Å²) < 4.78 is 6.02. The van der Waals surface area contributed by atoms with Gasteiger partial charge in [0, 0.05) is 23.3 Å². The molecule has 2 aliphatic rings. The number of fused-ring (bicyclic) bond motifs is 2. The zero-order chi connectivity index (χ0) is 16.2. The molecule has 23 heavy (non-hydrogen) atoms. The normalized spacial score (nSPS) is 17.5. The van der Waals surface area contributed by atoms with Crippen LogP contribution in [0.4, 0.5) is 11.4 Å². The monoisotopic (exact) mass is 348 g/mol. The van der Waals surface area contributed by atoms with Crippen molar-refractivity contribution < 1.29 is 4.74 Å². The number of nitrogens with two attached hydrogens (primary N) is 1. The van der Waals surface area contributed by atoms with Crippen LogP contribution < -0.4 is 15.8 Å². The average molecular weight is 349 g/mol. The number of ether oxygens (including phenoxy) is 1. The maximum Gasteiger partial charge on any atom is 0.164 e. The van der Waals surface area contributed by atoms with E-state index < -0.39 is 0 Å². The summed E-state index contributed by atoms with van der Waals surface area (Å²) in [5, 5.41) is 4.40. The molecule has 1 fully saturated rings. The number of hydrogen-bond acceptors (Lipinski definition) is 3. The molecule has 5 heteroatoms. The molecule has 0 amide bonds. The number of benzene rings is 2. The van der Waals surface area contributed by atoms with Crippen LogP contribution in [-0.2, 0) is 5.41 Å². The fourth-order valence-electron chi connectivity index (χ4n) is 3.66. The van der Waals surface area contributed by atoms with Crippen LogP contribution in [0.15, 0.2) is 24.3 Å². The van der Waals surface area contributed by atoms with Crippen molar-refractivity contribution in [3.8, 4) is 11.5 Å². The van der Waals surface area contributed by atoms with Crippen molar-refractivity contribution in [1.29, 1.82) is 0 Å². The zero-order valence-electron chi connectivity index (χ0n) is 12.9. The number of nitrogen functional groups attached to an aromatic ring is 1. The van der Waals surface area contributed by atoms with Gasteiger partial charge in [-0.2, -0.15) is 0 Å². The number of hydrogen-bond donors (Lipinski definition) is 2. The molecule has 0 saturated heterocycles. The number of rotatable bonds is 2. The number of anilines is 2. The highest BCUT2D eigenvalue weighted by Crippen LogP contribution is 2.52. The Labute approximate surface area is 145 Å². The summed E-state index contributed by atoms with van der Waals surface area (Å²) in [6.45, 7) is 3.12. The van der Waals surface area contributed by atoms with Gasteiger partial charge in [-0.15, -0.1) is 0 Å². The molecule has 3 N–H and O–H groups in total. The van der Waals surface area contributed by atoms with Crippen molar-refractivity contribution in [2.24, 2.45) is 0 Å². The Morgan fingerprint density at radius 2 is 1.83 bits per heavy atom. The van der Waals surface area contributed by atoms with E-state index in [0.29, 0.717) is 21.5 Å². The smallest absolute Gasteiger partial charge is 0.164 e. The van der Waals surface area contributed by atoms with Crippen LogP contribution in [0, 0.1) is 6.92 Å². The second-order valence-electron chi connectivity index (χ2n) is 6.57. The van der Waals surface area contributed by atoms with Crippen LogP contribution in [0.5, 0.6) is 11.5 Å². The zero-order valence-corrected chi connectivity index (χ0v) is 14.4. The Bertz CT molecular complexity index is 777. The fourth-order valence-corrected chi connectivity index (χ4v) is 4.24. The van der Waals surface area contributed by atoms with Crippen molar-refractivity contribution in [1.82, 2.24) is 0 Å².